The maximum atomic E-state index is 8.74. The Labute approximate surface area is 87.0 Å². The molecule has 2 heterocycles. The summed E-state index contributed by atoms with van der Waals surface area (Å²) in [7, 11) is -2.63. The van der Waals surface area contributed by atoms with Crippen molar-refractivity contribution >= 4 is 16.0 Å². The van der Waals surface area contributed by atoms with E-state index in [4.69, 9.17) is 17.5 Å². The van der Waals surface area contributed by atoms with Crippen molar-refractivity contribution in [2.75, 3.05) is 0 Å². The minimum Gasteiger partial charge on any atom is -0.264 e. The average molecular weight is 231 g/mol. The summed E-state index contributed by atoms with van der Waals surface area (Å²) in [6.07, 6.45) is 6.11. The first-order valence-electron chi connectivity index (χ1n) is 3.99. The van der Waals surface area contributed by atoms with Crippen molar-refractivity contribution in [1.82, 2.24) is 4.40 Å². The Morgan fingerprint density at radius 1 is 1.27 bits per heavy atom. The summed E-state index contributed by atoms with van der Waals surface area (Å²) in [5.74, 6) is 0. The third-order valence-corrected chi connectivity index (χ3v) is 1.68. The number of imidazole rings is 1. The van der Waals surface area contributed by atoms with E-state index >= 15 is 0 Å². The van der Waals surface area contributed by atoms with Crippen LogP contribution in [0.15, 0.2) is 36.8 Å². The van der Waals surface area contributed by atoms with Gasteiger partial charge in [0.05, 0.1) is 13.2 Å². The Morgan fingerprint density at radius 2 is 1.87 bits per heavy atom. The summed E-state index contributed by atoms with van der Waals surface area (Å²) in [5, 5.41) is 0. The molecule has 0 amide bonds. The van der Waals surface area contributed by atoms with Gasteiger partial charge in [-0.05, 0) is 6.07 Å². The van der Waals surface area contributed by atoms with Gasteiger partial charge in [-0.1, -0.05) is 6.07 Å². The Morgan fingerprint density at radius 3 is 2.40 bits per heavy atom. The van der Waals surface area contributed by atoms with E-state index in [1.54, 1.807) is 0 Å². The van der Waals surface area contributed by atoms with Crippen molar-refractivity contribution in [3.05, 3.63) is 36.8 Å². The topological polar surface area (TPSA) is 82.9 Å². The van der Waals surface area contributed by atoms with Gasteiger partial charge in [0, 0.05) is 6.07 Å². The van der Waals surface area contributed by atoms with E-state index < -0.39 is 10.4 Å². The highest BCUT2D eigenvalue weighted by Crippen LogP contribution is 1.94. The molecule has 0 atom stereocenters. The highest BCUT2D eigenvalue weighted by atomic mass is 32.3. The summed E-state index contributed by atoms with van der Waals surface area (Å²) in [6, 6.07) is 6.14. The second kappa shape index (κ2) is 4.39. The third kappa shape index (κ3) is 4.07. The fourth-order valence-electron chi connectivity index (χ4n) is 1.12. The predicted octanol–water partition coefficient (Wildman–Crippen LogP) is 0.111. The van der Waals surface area contributed by atoms with Crippen LogP contribution in [0, 0.1) is 0 Å². The van der Waals surface area contributed by atoms with Crippen LogP contribution < -0.4 is 4.57 Å². The van der Waals surface area contributed by atoms with E-state index in [-0.39, 0.29) is 0 Å². The fourth-order valence-corrected chi connectivity index (χ4v) is 1.12. The van der Waals surface area contributed by atoms with Gasteiger partial charge >= 0.3 is 10.4 Å². The van der Waals surface area contributed by atoms with Crippen molar-refractivity contribution in [1.29, 1.82) is 0 Å². The maximum Gasteiger partial charge on any atom is 0.394 e. The highest BCUT2D eigenvalue weighted by molar-refractivity contribution is 7.79. The van der Waals surface area contributed by atoms with Gasteiger partial charge in [0.25, 0.3) is 5.65 Å². The molecule has 0 bridgehead atoms. The molecule has 2 aromatic rings. The zero-order valence-corrected chi connectivity index (χ0v) is 8.79. The molecule has 0 aliphatic carbocycles. The molecule has 2 aromatic heterocycles. The van der Waals surface area contributed by atoms with Crippen LogP contribution in [0.25, 0.3) is 5.65 Å². The smallest absolute Gasteiger partial charge is 0.264 e. The number of aryl methyl sites for hydroxylation is 1. The molecule has 0 aromatic carbocycles. The van der Waals surface area contributed by atoms with Crippen LogP contribution in [0.5, 0.6) is 0 Å². The van der Waals surface area contributed by atoms with Crippen LogP contribution in [0.3, 0.4) is 0 Å². The molecule has 82 valence electrons. The van der Waals surface area contributed by atoms with Crippen LogP contribution in [0.4, 0.5) is 0 Å². The summed E-state index contributed by atoms with van der Waals surface area (Å²) in [6.45, 7) is 0. The van der Waals surface area contributed by atoms with Crippen molar-refractivity contribution < 1.29 is 22.1 Å². The van der Waals surface area contributed by atoms with Crippen LogP contribution in [-0.4, -0.2) is 21.9 Å². The third-order valence-electron chi connectivity index (χ3n) is 1.68. The van der Waals surface area contributed by atoms with Crippen molar-refractivity contribution in [2.45, 2.75) is 0 Å². The molecule has 0 fully saturated rings. The summed E-state index contributed by atoms with van der Waals surface area (Å²) in [5.41, 5.74) is 1.21. The second-order valence-electron chi connectivity index (χ2n) is 2.82. The van der Waals surface area contributed by atoms with Gasteiger partial charge in [0.2, 0.25) is 0 Å². The molecule has 6 nitrogen and oxygen atoms in total. The van der Waals surface area contributed by atoms with Crippen LogP contribution >= 0.6 is 0 Å². The van der Waals surface area contributed by atoms with Gasteiger partial charge in [-0.15, -0.1) is 0 Å². The summed E-state index contributed by atoms with van der Waals surface area (Å²) < 4.78 is 35.8. The highest BCUT2D eigenvalue weighted by Gasteiger charge is 2.00. The van der Waals surface area contributed by atoms with E-state index in [2.05, 4.69) is 15.0 Å². The molecular formula is C8H11N2O4S+. The van der Waals surface area contributed by atoms with E-state index in [0.717, 1.165) is 0 Å². The normalized spacial score (nSPS) is 10.9. The van der Waals surface area contributed by atoms with Gasteiger partial charge in [-0.2, -0.15) is 8.42 Å². The maximum absolute atomic E-state index is 8.74. The molecule has 0 saturated carbocycles. The van der Waals surface area contributed by atoms with Gasteiger partial charge < -0.3 is 0 Å². The minimum absolute atomic E-state index is 1.21. The molecular weight excluding hydrogens is 220 g/mol. The first-order chi connectivity index (χ1) is 6.88. The quantitative estimate of drug-likeness (QED) is 0.498. The Bertz CT molecular complexity index is 539. The van der Waals surface area contributed by atoms with Crippen LogP contribution in [-0.2, 0) is 17.4 Å². The van der Waals surface area contributed by atoms with Gasteiger partial charge in [0.15, 0.2) is 0 Å². The van der Waals surface area contributed by atoms with Gasteiger partial charge in [-0.25, -0.2) is 8.97 Å². The van der Waals surface area contributed by atoms with E-state index in [1.165, 1.54) is 5.65 Å². The number of rotatable bonds is 0. The first kappa shape index (κ1) is 11.6. The van der Waals surface area contributed by atoms with Crippen molar-refractivity contribution in [3.63, 3.8) is 0 Å². The number of pyridine rings is 1. The number of nitrogens with zero attached hydrogens (tertiary/aromatic N) is 2. The number of hydrogen-bond acceptors (Lipinski definition) is 2. The standard InChI is InChI=1S/C8H9N2.H2O4S/c1-9-6-7-10-5-3-2-4-8(9)10;1-5(2,3)4/h2-7H,1H3;(H2,1,2,3,4)/q+1;. The minimum atomic E-state index is -4.67. The number of fused-ring (bicyclic) bond motifs is 1. The second-order valence-corrected chi connectivity index (χ2v) is 3.72. The molecule has 0 unspecified atom stereocenters. The monoisotopic (exact) mass is 231 g/mol. The summed E-state index contributed by atoms with van der Waals surface area (Å²) in [4.78, 5) is 0. The zero-order valence-electron chi connectivity index (χ0n) is 7.98. The first-order valence-corrected chi connectivity index (χ1v) is 5.39. The number of aromatic nitrogens is 2. The van der Waals surface area contributed by atoms with E-state index in [9.17, 15) is 0 Å². The van der Waals surface area contributed by atoms with Crippen molar-refractivity contribution in [2.24, 2.45) is 7.05 Å². The Balaban J connectivity index is 0.000000195. The Hall–Kier alpha value is -1.44. The number of hydrogen-bond donors (Lipinski definition) is 2. The van der Waals surface area contributed by atoms with Crippen molar-refractivity contribution in [3.8, 4) is 0 Å². The molecule has 7 heteroatoms. The lowest BCUT2D eigenvalue weighted by molar-refractivity contribution is -0.644. The lowest BCUT2D eigenvalue weighted by Crippen LogP contribution is -2.25. The van der Waals surface area contributed by atoms with Crippen LogP contribution in [0.2, 0.25) is 0 Å². The molecule has 15 heavy (non-hydrogen) atoms. The molecule has 0 aliphatic heterocycles. The lowest BCUT2D eigenvalue weighted by Gasteiger charge is -1.84. The van der Waals surface area contributed by atoms with E-state index in [1.807, 2.05) is 37.8 Å². The molecule has 0 aliphatic rings. The van der Waals surface area contributed by atoms with Gasteiger partial charge in [-0.3, -0.25) is 9.11 Å². The molecule has 2 rings (SSSR count). The average Bonchev–Trinajstić information content (AvgIpc) is 2.46. The summed E-state index contributed by atoms with van der Waals surface area (Å²) >= 11 is 0. The fraction of sp³-hybridized carbons (Fsp3) is 0.125. The SMILES string of the molecule is C[n+]1ccn2ccccc21.O=S(=O)(O)O. The molecule has 0 saturated heterocycles. The Kier molecular flexibility index (Phi) is 3.40. The van der Waals surface area contributed by atoms with E-state index in [0.29, 0.717) is 0 Å². The molecule has 2 N–H and O–H groups in total. The molecule has 0 spiro atoms. The predicted molar refractivity (Wildman–Crippen MR) is 52.8 cm³/mol. The lowest BCUT2D eigenvalue weighted by atomic mass is 10.5. The molecule has 0 radical (unpaired) electrons. The largest absolute Gasteiger partial charge is 0.394 e. The van der Waals surface area contributed by atoms with Gasteiger partial charge in [0.1, 0.15) is 12.4 Å². The zero-order chi connectivity index (χ0) is 11.5. The van der Waals surface area contributed by atoms with Crippen LogP contribution in [0.1, 0.15) is 0 Å².